The van der Waals surface area contributed by atoms with E-state index in [-0.39, 0.29) is 5.91 Å². The van der Waals surface area contributed by atoms with Crippen molar-refractivity contribution in [3.05, 3.63) is 41.6 Å². The van der Waals surface area contributed by atoms with Crippen molar-refractivity contribution in [1.29, 1.82) is 0 Å². The van der Waals surface area contributed by atoms with Crippen LogP contribution >= 0.6 is 11.6 Å². The van der Waals surface area contributed by atoms with Crippen LogP contribution in [-0.4, -0.2) is 16.4 Å². The van der Waals surface area contributed by atoms with Gasteiger partial charge in [0.25, 0.3) is 0 Å². The third-order valence-electron chi connectivity index (χ3n) is 2.52. The van der Waals surface area contributed by atoms with Crippen molar-refractivity contribution < 1.29 is 14.3 Å². The Bertz CT molecular complexity index is 646. The molecule has 0 aliphatic carbocycles. The molecule has 5 heteroatoms. The third-order valence-corrected chi connectivity index (χ3v) is 2.75. The Hall–Kier alpha value is -2.07. The van der Waals surface area contributed by atoms with Crippen LogP contribution in [-0.2, 0) is 4.79 Å². The number of carbonyl (C=O) groups is 2. The number of ether oxygens (including phenoxy) is 1. The first-order valence-corrected chi connectivity index (χ1v) is 6.03. The van der Waals surface area contributed by atoms with Gasteiger partial charge in [0.1, 0.15) is 5.75 Å². The van der Waals surface area contributed by atoms with E-state index in [1.54, 1.807) is 24.3 Å². The van der Waals surface area contributed by atoms with Crippen molar-refractivity contribution in [2.75, 3.05) is 0 Å². The first-order valence-electron chi connectivity index (χ1n) is 5.65. The van der Waals surface area contributed by atoms with E-state index in [2.05, 4.69) is 0 Å². The molecule has 0 radical (unpaired) electrons. The minimum absolute atomic E-state index is 0.173. The summed E-state index contributed by atoms with van der Waals surface area (Å²) < 4.78 is 6.41. The van der Waals surface area contributed by atoms with Gasteiger partial charge in [-0.25, -0.2) is 0 Å². The van der Waals surface area contributed by atoms with Gasteiger partial charge in [0.15, 0.2) is 0 Å². The van der Waals surface area contributed by atoms with Crippen LogP contribution in [0.1, 0.15) is 18.6 Å². The maximum Gasteiger partial charge on any atom is 0.308 e. The van der Waals surface area contributed by atoms with Crippen LogP contribution < -0.4 is 4.74 Å². The standard InChI is InChI=1S/C14H12ClNO3/c1-9(17)16-8-13(19-10(2)18)7-14(16)11-4-3-5-12(15)6-11/h3-8H,1-2H3. The molecule has 1 aromatic heterocycles. The molecule has 2 rings (SSSR count). The summed E-state index contributed by atoms with van der Waals surface area (Å²) >= 11 is 5.94. The molecule has 1 heterocycles. The summed E-state index contributed by atoms with van der Waals surface area (Å²) in [7, 11) is 0. The predicted molar refractivity (Wildman–Crippen MR) is 72.5 cm³/mol. The van der Waals surface area contributed by atoms with Crippen LogP contribution in [0.3, 0.4) is 0 Å². The Morgan fingerprint density at radius 3 is 2.53 bits per heavy atom. The van der Waals surface area contributed by atoms with Crippen molar-refractivity contribution in [3.63, 3.8) is 0 Å². The van der Waals surface area contributed by atoms with E-state index < -0.39 is 5.97 Å². The fourth-order valence-corrected chi connectivity index (χ4v) is 1.98. The summed E-state index contributed by atoms with van der Waals surface area (Å²) in [5.41, 5.74) is 1.41. The lowest BCUT2D eigenvalue weighted by Crippen LogP contribution is -2.05. The zero-order valence-electron chi connectivity index (χ0n) is 10.5. The van der Waals surface area contributed by atoms with Gasteiger partial charge in [-0.3, -0.25) is 14.2 Å². The van der Waals surface area contributed by atoms with Crippen molar-refractivity contribution in [2.45, 2.75) is 13.8 Å². The molecule has 0 fully saturated rings. The van der Waals surface area contributed by atoms with E-state index in [0.29, 0.717) is 16.5 Å². The Kier molecular flexibility index (Phi) is 3.71. The average molecular weight is 278 g/mol. The van der Waals surface area contributed by atoms with E-state index in [1.807, 2.05) is 6.07 Å². The number of carbonyl (C=O) groups excluding carboxylic acids is 2. The molecule has 0 atom stereocenters. The molecule has 98 valence electrons. The van der Waals surface area contributed by atoms with Crippen molar-refractivity contribution in [3.8, 4) is 17.0 Å². The van der Waals surface area contributed by atoms with Crippen LogP contribution in [0.25, 0.3) is 11.3 Å². The summed E-state index contributed by atoms with van der Waals surface area (Å²) in [6, 6.07) is 8.75. The molecule has 2 aromatic rings. The van der Waals surface area contributed by atoms with Gasteiger partial charge in [-0.1, -0.05) is 23.7 Å². The molecule has 0 unspecified atom stereocenters. The summed E-state index contributed by atoms with van der Waals surface area (Å²) in [5, 5.41) is 0.572. The van der Waals surface area contributed by atoms with Crippen molar-refractivity contribution >= 4 is 23.5 Å². The quantitative estimate of drug-likeness (QED) is 0.791. The molecule has 0 amide bonds. The van der Waals surface area contributed by atoms with Gasteiger partial charge in [-0.05, 0) is 12.1 Å². The molecule has 19 heavy (non-hydrogen) atoms. The third kappa shape index (κ3) is 3.03. The highest BCUT2D eigenvalue weighted by Crippen LogP contribution is 2.28. The molecular formula is C14H12ClNO3. The summed E-state index contributed by atoms with van der Waals surface area (Å²) in [6.45, 7) is 2.75. The first-order chi connectivity index (χ1) is 8.97. The minimum Gasteiger partial charge on any atom is -0.425 e. The molecular weight excluding hydrogens is 266 g/mol. The number of esters is 1. The number of hydrogen-bond acceptors (Lipinski definition) is 3. The highest BCUT2D eigenvalue weighted by atomic mass is 35.5. The van der Waals surface area contributed by atoms with Gasteiger partial charge in [0, 0.05) is 30.5 Å². The topological polar surface area (TPSA) is 48.3 Å². The first kappa shape index (κ1) is 13.4. The van der Waals surface area contributed by atoms with Crippen molar-refractivity contribution in [2.24, 2.45) is 0 Å². The maximum absolute atomic E-state index is 11.6. The van der Waals surface area contributed by atoms with Gasteiger partial charge in [-0.2, -0.15) is 0 Å². The fourth-order valence-electron chi connectivity index (χ4n) is 1.79. The molecule has 0 N–H and O–H groups in total. The SMILES string of the molecule is CC(=O)Oc1cc(-c2cccc(Cl)c2)n(C(C)=O)c1. The van der Waals surface area contributed by atoms with Gasteiger partial charge in [0.05, 0.1) is 11.9 Å². The lowest BCUT2D eigenvalue weighted by Gasteiger charge is -2.04. The molecule has 0 aliphatic rings. The van der Waals surface area contributed by atoms with E-state index in [9.17, 15) is 9.59 Å². The lowest BCUT2D eigenvalue weighted by molar-refractivity contribution is -0.131. The number of benzene rings is 1. The van der Waals surface area contributed by atoms with Gasteiger partial charge in [-0.15, -0.1) is 0 Å². The smallest absolute Gasteiger partial charge is 0.308 e. The molecule has 0 spiro atoms. The van der Waals surface area contributed by atoms with Crippen LogP contribution in [0.2, 0.25) is 5.02 Å². The largest absolute Gasteiger partial charge is 0.425 e. The second-order valence-electron chi connectivity index (χ2n) is 4.05. The van der Waals surface area contributed by atoms with E-state index in [1.165, 1.54) is 24.6 Å². The zero-order valence-corrected chi connectivity index (χ0v) is 11.3. The van der Waals surface area contributed by atoms with E-state index in [0.717, 1.165) is 5.56 Å². The Morgan fingerprint density at radius 1 is 1.21 bits per heavy atom. The minimum atomic E-state index is -0.432. The van der Waals surface area contributed by atoms with E-state index in [4.69, 9.17) is 16.3 Å². The maximum atomic E-state index is 11.6. The molecule has 0 saturated heterocycles. The molecule has 4 nitrogen and oxygen atoms in total. The lowest BCUT2D eigenvalue weighted by atomic mass is 10.1. The van der Waals surface area contributed by atoms with Crippen molar-refractivity contribution in [1.82, 2.24) is 4.57 Å². The second-order valence-corrected chi connectivity index (χ2v) is 4.49. The van der Waals surface area contributed by atoms with Crippen LogP contribution in [0.4, 0.5) is 0 Å². The van der Waals surface area contributed by atoms with Gasteiger partial charge >= 0.3 is 5.97 Å². The monoisotopic (exact) mass is 277 g/mol. The number of halogens is 1. The summed E-state index contributed by atoms with van der Waals surface area (Å²) in [5.74, 6) is -0.274. The second kappa shape index (κ2) is 5.28. The fraction of sp³-hybridized carbons (Fsp3) is 0.143. The number of hydrogen-bond donors (Lipinski definition) is 0. The highest BCUT2D eigenvalue weighted by Gasteiger charge is 2.13. The van der Waals surface area contributed by atoms with Gasteiger partial charge in [0.2, 0.25) is 5.91 Å². The number of nitrogens with zero attached hydrogens (tertiary/aromatic N) is 1. The van der Waals surface area contributed by atoms with E-state index >= 15 is 0 Å². The normalized spacial score (nSPS) is 10.3. The molecule has 1 aromatic carbocycles. The Balaban J connectivity index is 2.51. The number of aromatic nitrogens is 1. The zero-order chi connectivity index (χ0) is 14.0. The highest BCUT2D eigenvalue weighted by molar-refractivity contribution is 6.30. The Morgan fingerprint density at radius 2 is 1.95 bits per heavy atom. The molecule has 0 bridgehead atoms. The predicted octanol–water partition coefficient (Wildman–Crippen LogP) is 3.39. The molecule has 0 aliphatic heterocycles. The molecule has 0 saturated carbocycles. The summed E-state index contributed by atoms with van der Waals surface area (Å²) in [6.07, 6.45) is 1.49. The van der Waals surface area contributed by atoms with Crippen LogP contribution in [0, 0.1) is 0 Å². The number of rotatable bonds is 2. The van der Waals surface area contributed by atoms with Crippen LogP contribution in [0.15, 0.2) is 36.5 Å². The summed E-state index contributed by atoms with van der Waals surface area (Å²) in [4.78, 5) is 22.6. The average Bonchev–Trinajstić information content (AvgIpc) is 2.72. The van der Waals surface area contributed by atoms with Crippen LogP contribution in [0.5, 0.6) is 5.75 Å². The Labute approximate surface area is 115 Å². The van der Waals surface area contributed by atoms with Gasteiger partial charge < -0.3 is 4.74 Å².